The second-order valence-electron chi connectivity index (χ2n) is 7.27. The molecule has 1 aliphatic heterocycles. The molecule has 0 saturated heterocycles. The summed E-state index contributed by atoms with van der Waals surface area (Å²) < 4.78 is 3.16. The average molecular weight is 434 g/mol. The monoisotopic (exact) mass is 433 g/mol. The van der Waals surface area contributed by atoms with E-state index in [4.69, 9.17) is 11.6 Å². The highest BCUT2D eigenvalue weighted by molar-refractivity contribution is 6.29. The van der Waals surface area contributed by atoms with Crippen LogP contribution in [0.4, 0.5) is 11.6 Å². The molecule has 0 amide bonds. The van der Waals surface area contributed by atoms with Crippen molar-refractivity contribution in [1.82, 2.24) is 29.6 Å². The van der Waals surface area contributed by atoms with Crippen LogP contribution in [0, 0.1) is 0 Å². The standard InChI is InChI=1S/C22H20ClN7O/c1-2-10-29-21(31)17-13-25-22(26-16-7-6-15-12-24-9-8-14(15)11-16)28-20(17)30(29)19-5-3-4-18(23)27-19/h2-7,11,13,24H,1,8-10,12H2,(H,25,26,28). The number of halogens is 1. The Morgan fingerprint density at radius 3 is 2.97 bits per heavy atom. The molecule has 31 heavy (non-hydrogen) atoms. The Kier molecular flexibility index (Phi) is 5.01. The van der Waals surface area contributed by atoms with E-state index in [0.29, 0.717) is 34.5 Å². The molecule has 9 heteroatoms. The molecule has 0 spiro atoms. The van der Waals surface area contributed by atoms with Crippen molar-refractivity contribution in [3.8, 4) is 5.82 Å². The predicted octanol–water partition coefficient (Wildman–Crippen LogP) is 3.21. The molecule has 0 unspecified atom stereocenters. The zero-order valence-electron chi connectivity index (χ0n) is 16.7. The smallest absolute Gasteiger partial charge is 0.278 e. The minimum Gasteiger partial charge on any atom is -0.324 e. The first-order valence-electron chi connectivity index (χ1n) is 9.96. The van der Waals surface area contributed by atoms with E-state index in [0.717, 1.165) is 25.2 Å². The minimum absolute atomic E-state index is 0.218. The Hall–Kier alpha value is -3.49. The van der Waals surface area contributed by atoms with Gasteiger partial charge in [-0.05, 0) is 48.4 Å². The topological polar surface area (TPSA) is 89.7 Å². The molecule has 1 aromatic carbocycles. The van der Waals surface area contributed by atoms with Gasteiger partial charge in [-0.25, -0.2) is 19.3 Å². The van der Waals surface area contributed by atoms with Gasteiger partial charge in [0.25, 0.3) is 5.56 Å². The molecule has 0 aliphatic carbocycles. The van der Waals surface area contributed by atoms with Gasteiger partial charge in [-0.2, -0.15) is 4.98 Å². The number of anilines is 2. The van der Waals surface area contributed by atoms with Gasteiger partial charge in [0.2, 0.25) is 5.95 Å². The fourth-order valence-electron chi connectivity index (χ4n) is 3.81. The van der Waals surface area contributed by atoms with Gasteiger partial charge < -0.3 is 10.6 Å². The molecular weight excluding hydrogens is 414 g/mol. The first kappa shape index (κ1) is 19.5. The summed E-state index contributed by atoms with van der Waals surface area (Å²) in [5.74, 6) is 0.889. The molecule has 1 aliphatic rings. The second-order valence-corrected chi connectivity index (χ2v) is 7.66. The van der Waals surface area contributed by atoms with Crippen molar-refractivity contribution in [2.75, 3.05) is 11.9 Å². The number of benzene rings is 1. The van der Waals surface area contributed by atoms with E-state index in [1.165, 1.54) is 22.0 Å². The van der Waals surface area contributed by atoms with Gasteiger partial charge in [0.05, 0.1) is 6.54 Å². The first-order valence-corrected chi connectivity index (χ1v) is 10.3. The largest absolute Gasteiger partial charge is 0.324 e. The summed E-state index contributed by atoms with van der Waals surface area (Å²) >= 11 is 6.10. The Bertz CT molecular complexity index is 1360. The number of fused-ring (bicyclic) bond motifs is 2. The molecule has 0 saturated carbocycles. The lowest BCUT2D eigenvalue weighted by atomic mass is 10.0. The maximum atomic E-state index is 13.0. The number of hydrogen-bond acceptors (Lipinski definition) is 6. The fraction of sp³-hybridized carbons (Fsp3) is 0.182. The van der Waals surface area contributed by atoms with Crippen LogP contribution < -0.4 is 16.2 Å². The lowest BCUT2D eigenvalue weighted by molar-refractivity contribution is 0.597. The Balaban J connectivity index is 1.61. The van der Waals surface area contributed by atoms with Crippen molar-refractivity contribution < 1.29 is 0 Å². The fourth-order valence-corrected chi connectivity index (χ4v) is 3.97. The molecule has 3 aromatic heterocycles. The van der Waals surface area contributed by atoms with Gasteiger partial charge in [0.15, 0.2) is 11.5 Å². The number of aromatic nitrogens is 5. The van der Waals surface area contributed by atoms with Crippen LogP contribution in [-0.2, 0) is 19.5 Å². The predicted molar refractivity (Wildman–Crippen MR) is 121 cm³/mol. The van der Waals surface area contributed by atoms with E-state index >= 15 is 0 Å². The molecule has 0 fully saturated rings. The van der Waals surface area contributed by atoms with E-state index in [9.17, 15) is 4.79 Å². The molecular formula is C22H20ClN7O. The number of nitrogens with zero attached hydrogens (tertiary/aromatic N) is 5. The zero-order valence-corrected chi connectivity index (χ0v) is 17.4. The summed E-state index contributed by atoms with van der Waals surface area (Å²) in [6.07, 6.45) is 4.17. The van der Waals surface area contributed by atoms with Crippen molar-refractivity contribution >= 4 is 34.3 Å². The molecule has 0 atom stereocenters. The molecule has 156 valence electrons. The number of hydrogen-bond donors (Lipinski definition) is 2. The lowest BCUT2D eigenvalue weighted by Crippen LogP contribution is -2.23. The Labute approximate surface area is 183 Å². The van der Waals surface area contributed by atoms with Crippen LogP contribution >= 0.6 is 11.6 Å². The summed E-state index contributed by atoms with van der Waals surface area (Å²) in [7, 11) is 0. The van der Waals surface area contributed by atoms with Crippen molar-refractivity contribution in [3.05, 3.63) is 81.9 Å². The van der Waals surface area contributed by atoms with Gasteiger partial charge in [0.1, 0.15) is 10.5 Å². The number of nitrogens with one attached hydrogen (secondary N) is 2. The maximum Gasteiger partial charge on any atom is 0.278 e. The van der Waals surface area contributed by atoms with E-state index in [1.807, 2.05) is 6.07 Å². The Morgan fingerprint density at radius 1 is 1.23 bits per heavy atom. The van der Waals surface area contributed by atoms with E-state index < -0.39 is 0 Å². The van der Waals surface area contributed by atoms with Gasteiger partial charge in [-0.15, -0.1) is 6.58 Å². The summed E-state index contributed by atoms with van der Waals surface area (Å²) in [5.41, 5.74) is 3.74. The van der Waals surface area contributed by atoms with Crippen LogP contribution in [0.25, 0.3) is 16.9 Å². The normalized spacial score (nSPS) is 13.2. The highest BCUT2D eigenvalue weighted by Crippen LogP contribution is 2.22. The van der Waals surface area contributed by atoms with Gasteiger partial charge in [0, 0.05) is 18.4 Å². The van der Waals surface area contributed by atoms with Crippen molar-refractivity contribution in [2.24, 2.45) is 0 Å². The van der Waals surface area contributed by atoms with Crippen LogP contribution in [0.1, 0.15) is 11.1 Å². The zero-order chi connectivity index (χ0) is 21.4. The van der Waals surface area contributed by atoms with E-state index in [-0.39, 0.29) is 5.56 Å². The average Bonchev–Trinajstić information content (AvgIpc) is 3.05. The van der Waals surface area contributed by atoms with Crippen LogP contribution in [0.5, 0.6) is 0 Å². The summed E-state index contributed by atoms with van der Waals surface area (Å²) in [6.45, 7) is 5.90. The van der Waals surface area contributed by atoms with E-state index in [1.54, 1.807) is 29.0 Å². The second kappa shape index (κ2) is 7.98. The third-order valence-corrected chi connectivity index (χ3v) is 5.45. The van der Waals surface area contributed by atoms with Gasteiger partial charge in [-0.3, -0.25) is 4.79 Å². The van der Waals surface area contributed by atoms with Crippen molar-refractivity contribution in [2.45, 2.75) is 19.5 Å². The van der Waals surface area contributed by atoms with Crippen LogP contribution in [0.15, 0.2) is 60.0 Å². The molecule has 0 radical (unpaired) electrons. The van der Waals surface area contributed by atoms with Crippen LogP contribution in [-0.4, -0.2) is 30.9 Å². The lowest BCUT2D eigenvalue weighted by Gasteiger charge is -2.18. The molecule has 5 rings (SSSR count). The minimum atomic E-state index is -0.218. The summed E-state index contributed by atoms with van der Waals surface area (Å²) in [4.78, 5) is 26.3. The maximum absolute atomic E-state index is 13.0. The van der Waals surface area contributed by atoms with Crippen molar-refractivity contribution in [1.29, 1.82) is 0 Å². The molecule has 2 N–H and O–H groups in total. The third kappa shape index (κ3) is 3.60. The van der Waals surface area contributed by atoms with Gasteiger partial charge >= 0.3 is 0 Å². The molecule has 8 nitrogen and oxygen atoms in total. The summed E-state index contributed by atoms with van der Waals surface area (Å²) in [5, 5.41) is 7.36. The quantitative estimate of drug-likeness (QED) is 0.371. The molecule has 4 heterocycles. The Morgan fingerprint density at radius 2 is 2.13 bits per heavy atom. The van der Waals surface area contributed by atoms with Gasteiger partial charge in [-0.1, -0.05) is 29.8 Å². The highest BCUT2D eigenvalue weighted by Gasteiger charge is 2.18. The molecule has 4 aromatic rings. The molecule has 0 bridgehead atoms. The van der Waals surface area contributed by atoms with Crippen LogP contribution in [0.2, 0.25) is 5.15 Å². The number of allylic oxidation sites excluding steroid dienone is 1. The summed E-state index contributed by atoms with van der Waals surface area (Å²) in [6, 6.07) is 11.5. The first-order chi connectivity index (χ1) is 15.1. The van der Waals surface area contributed by atoms with Crippen LogP contribution in [0.3, 0.4) is 0 Å². The highest BCUT2D eigenvalue weighted by atomic mass is 35.5. The van der Waals surface area contributed by atoms with E-state index in [2.05, 4.69) is 44.3 Å². The number of rotatable bonds is 5. The van der Waals surface area contributed by atoms with Crippen molar-refractivity contribution in [3.63, 3.8) is 0 Å². The number of pyridine rings is 1. The third-order valence-electron chi connectivity index (χ3n) is 5.24. The SMILES string of the molecule is C=CCn1c(=O)c2cnc(Nc3ccc4c(c3)CCNC4)nc2n1-c1cccc(Cl)n1.